The molecule has 81 valence electrons. The highest BCUT2D eigenvalue weighted by atomic mass is 14.8. The number of rotatable bonds is 2. The van der Waals surface area contributed by atoms with Crippen LogP contribution in [-0.2, 0) is 6.54 Å². The highest BCUT2D eigenvalue weighted by molar-refractivity contribution is 6.51. The molecule has 0 saturated carbocycles. The molecule has 3 rings (SSSR count). The third-order valence-corrected chi connectivity index (χ3v) is 3.20. The minimum absolute atomic E-state index is 0.813. The molecule has 1 aliphatic heterocycles. The van der Waals surface area contributed by atoms with Crippen molar-refractivity contribution in [3.8, 4) is 0 Å². The molecule has 0 bridgehead atoms. The number of hydrogen-bond donors (Lipinski definition) is 0. The van der Waals surface area contributed by atoms with E-state index >= 15 is 0 Å². The zero-order valence-electron chi connectivity index (χ0n) is 9.85. The lowest BCUT2D eigenvalue weighted by Gasteiger charge is -2.04. The minimum Gasteiger partial charge on any atom is -0.279 e. The van der Waals surface area contributed by atoms with Crippen LogP contribution in [0.25, 0.3) is 0 Å². The van der Waals surface area contributed by atoms with Crippen molar-refractivity contribution in [3.05, 3.63) is 65.2 Å². The van der Waals surface area contributed by atoms with E-state index in [-0.39, 0.29) is 0 Å². The van der Waals surface area contributed by atoms with Gasteiger partial charge in [-0.3, -0.25) is 4.99 Å². The van der Waals surface area contributed by atoms with E-state index in [1.54, 1.807) is 0 Å². The highest BCUT2D eigenvalue weighted by Crippen LogP contribution is 2.22. The Bertz CT molecular complexity index is 570. The number of benzene rings is 2. The second kappa shape index (κ2) is 4.21. The fourth-order valence-electron chi connectivity index (χ4n) is 2.22. The van der Waals surface area contributed by atoms with Crippen LogP contribution in [-0.4, -0.2) is 13.0 Å². The van der Waals surface area contributed by atoms with Gasteiger partial charge in [0.15, 0.2) is 0 Å². The van der Waals surface area contributed by atoms with E-state index in [1.807, 2.05) is 0 Å². The number of hydrogen-bond acceptors (Lipinski definition) is 1. The van der Waals surface area contributed by atoms with Gasteiger partial charge in [0.1, 0.15) is 7.28 Å². The van der Waals surface area contributed by atoms with Crippen LogP contribution in [0.15, 0.2) is 53.5 Å². The molecule has 0 aliphatic carbocycles. The van der Waals surface area contributed by atoms with Crippen molar-refractivity contribution in [2.45, 2.75) is 13.4 Å². The van der Waals surface area contributed by atoms with Gasteiger partial charge >= 0.3 is 0 Å². The molecule has 1 heterocycles. The fraction of sp³-hybridized carbons (Fsp3) is 0.133. The summed E-state index contributed by atoms with van der Waals surface area (Å²) in [6, 6.07) is 17.0. The van der Waals surface area contributed by atoms with Crippen molar-refractivity contribution < 1.29 is 0 Å². The van der Waals surface area contributed by atoms with Gasteiger partial charge in [0.2, 0.25) is 0 Å². The van der Waals surface area contributed by atoms with E-state index in [4.69, 9.17) is 0 Å². The Kier molecular flexibility index (Phi) is 2.56. The summed E-state index contributed by atoms with van der Waals surface area (Å²) >= 11 is 0. The molecule has 0 unspecified atom stereocenters. The first-order chi connectivity index (χ1) is 8.38. The third-order valence-electron chi connectivity index (χ3n) is 3.20. The maximum absolute atomic E-state index is 4.64. The number of fused-ring (bicyclic) bond motifs is 1. The molecular formula is C15H13BN. The smallest absolute Gasteiger partial charge is 0.148 e. The van der Waals surface area contributed by atoms with Crippen LogP contribution >= 0.6 is 0 Å². The van der Waals surface area contributed by atoms with Crippen molar-refractivity contribution >= 4 is 18.5 Å². The van der Waals surface area contributed by atoms with Crippen molar-refractivity contribution in [1.29, 1.82) is 0 Å². The van der Waals surface area contributed by atoms with Crippen LogP contribution in [0.1, 0.15) is 16.7 Å². The highest BCUT2D eigenvalue weighted by Gasteiger charge is 2.15. The number of aliphatic imine (C=N–C) groups is 1. The first-order valence-corrected chi connectivity index (χ1v) is 5.91. The summed E-state index contributed by atoms with van der Waals surface area (Å²) in [4.78, 5) is 4.64. The summed E-state index contributed by atoms with van der Waals surface area (Å²) in [5.74, 6) is 0. The van der Waals surface area contributed by atoms with E-state index < -0.39 is 0 Å². The summed E-state index contributed by atoms with van der Waals surface area (Å²) in [6.45, 7) is 2.87. The van der Waals surface area contributed by atoms with Crippen LogP contribution < -0.4 is 5.46 Å². The summed E-state index contributed by atoms with van der Waals surface area (Å²) in [5, 5.41) is 0. The van der Waals surface area contributed by atoms with Crippen LogP contribution in [0.5, 0.6) is 0 Å². The van der Waals surface area contributed by atoms with Crippen LogP contribution in [0.3, 0.4) is 0 Å². The molecule has 1 radical (unpaired) electrons. The van der Waals surface area contributed by atoms with Gasteiger partial charge in [-0.15, -0.1) is 0 Å². The quantitative estimate of drug-likeness (QED) is 0.686. The maximum atomic E-state index is 4.64. The van der Waals surface area contributed by atoms with Crippen molar-refractivity contribution in [3.63, 3.8) is 0 Å². The Hall–Kier alpha value is -1.83. The largest absolute Gasteiger partial charge is 0.279 e. The van der Waals surface area contributed by atoms with E-state index in [9.17, 15) is 0 Å². The standard InChI is InChI=1S/C15H13BN/c1-16-13-8-6-11(7-9-13)15-14-5-3-2-4-12(14)10-17-15/h2-9H,10H2,1H3. The van der Waals surface area contributed by atoms with Gasteiger partial charge in [0.25, 0.3) is 0 Å². The lowest BCUT2D eigenvalue weighted by Crippen LogP contribution is -2.11. The predicted octanol–water partition coefficient (Wildman–Crippen LogP) is 2.42. The molecule has 2 heteroatoms. The van der Waals surface area contributed by atoms with Gasteiger partial charge < -0.3 is 0 Å². The topological polar surface area (TPSA) is 12.4 Å². The summed E-state index contributed by atoms with van der Waals surface area (Å²) < 4.78 is 0. The SMILES string of the molecule is C[B]c1ccc(C2=NCc3ccccc32)cc1. The molecule has 0 fully saturated rings. The van der Waals surface area contributed by atoms with E-state index in [0.29, 0.717) is 0 Å². The van der Waals surface area contributed by atoms with Gasteiger partial charge in [-0.05, 0) is 5.56 Å². The first kappa shape index (κ1) is 10.3. The minimum atomic E-state index is 0.813. The predicted molar refractivity (Wildman–Crippen MR) is 73.5 cm³/mol. The van der Waals surface area contributed by atoms with E-state index in [1.165, 1.54) is 22.2 Å². The summed E-state index contributed by atoms with van der Waals surface area (Å²) in [5.41, 5.74) is 6.19. The van der Waals surface area contributed by atoms with E-state index in [0.717, 1.165) is 12.3 Å². The van der Waals surface area contributed by atoms with Crippen LogP contribution in [0, 0.1) is 0 Å². The molecule has 0 atom stereocenters. The molecule has 1 aliphatic rings. The lowest BCUT2D eigenvalue weighted by molar-refractivity contribution is 1.11. The molecule has 1 nitrogen and oxygen atoms in total. The Morgan fingerprint density at radius 3 is 2.53 bits per heavy atom. The van der Waals surface area contributed by atoms with E-state index in [2.05, 4.69) is 67.6 Å². The van der Waals surface area contributed by atoms with Gasteiger partial charge in [-0.2, -0.15) is 0 Å². The zero-order valence-corrected chi connectivity index (χ0v) is 9.85. The molecule has 0 saturated heterocycles. The van der Waals surface area contributed by atoms with Crippen molar-refractivity contribution in [1.82, 2.24) is 0 Å². The summed E-state index contributed by atoms with van der Waals surface area (Å²) in [7, 11) is 2.11. The third kappa shape index (κ3) is 1.80. The average Bonchev–Trinajstić information content (AvgIpc) is 2.83. The Morgan fingerprint density at radius 1 is 1.00 bits per heavy atom. The normalized spacial score (nSPS) is 13.1. The average molecular weight is 218 g/mol. The molecule has 0 N–H and O–H groups in total. The molecule has 0 amide bonds. The van der Waals surface area contributed by atoms with Crippen LogP contribution in [0.2, 0.25) is 6.82 Å². The molecule has 2 aromatic rings. The van der Waals surface area contributed by atoms with Crippen molar-refractivity contribution in [2.24, 2.45) is 4.99 Å². The Morgan fingerprint density at radius 2 is 1.76 bits per heavy atom. The molecule has 0 spiro atoms. The van der Waals surface area contributed by atoms with Gasteiger partial charge in [0, 0.05) is 11.1 Å². The van der Waals surface area contributed by atoms with Gasteiger partial charge in [-0.25, -0.2) is 0 Å². The van der Waals surface area contributed by atoms with Gasteiger partial charge in [0.05, 0.1) is 12.3 Å². The fourth-order valence-corrected chi connectivity index (χ4v) is 2.22. The second-order valence-electron chi connectivity index (χ2n) is 4.23. The molecule has 0 aromatic heterocycles. The van der Waals surface area contributed by atoms with Crippen molar-refractivity contribution in [2.75, 3.05) is 0 Å². The number of nitrogens with zero attached hydrogens (tertiary/aromatic N) is 1. The monoisotopic (exact) mass is 218 g/mol. The summed E-state index contributed by atoms with van der Waals surface area (Å²) in [6.07, 6.45) is 0. The lowest BCUT2D eigenvalue weighted by atomic mass is 9.73. The molecule has 17 heavy (non-hydrogen) atoms. The zero-order chi connectivity index (χ0) is 11.7. The molecule has 2 aromatic carbocycles. The van der Waals surface area contributed by atoms with Crippen LogP contribution in [0.4, 0.5) is 0 Å². The first-order valence-electron chi connectivity index (χ1n) is 5.91. The maximum Gasteiger partial charge on any atom is 0.148 e. The Labute approximate surface area is 102 Å². The second-order valence-corrected chi connectivity index (χ2v) is 4.23. The van der Waals surface area contributed by atoms with Gasteiger partial charge in [-0.1, -0.05) is 60.8 Å². The molecular weight excluding hydrogens is 205 g/mol. The Balaban J connectivity index is 2.01.